The number of aliphatic hydroxyl groups is 2. The van der Waals surface area contributed by atoms with E-state index in [9.17, 15) is 72.2 Å². The van der Waals surface area contributed by atoms with E-state index in [0.29, 0.717) is 6.42 Å². The number of nitrogens with zero attached hydrogens (tertiary/aromatic N) is 5. The second kappa shape index (κ2) is 32.9. The quantitative estimate of drug-likeness (QED) is 0.0167. The zero-order chi connectivity index (χ0) is 72.5. The molecule has 10 rings (SSSR count). The van der Waals surface area contributed by atoms with Gasteiger partial charge in [-0.15, -0.1) is 0 Å². The van der Waals surface area contributed by atoms with Gasteiger partial charge in [-0.05, 0) is 59.1 Å². The maximum Gasteiger partial charge on any atom is 0.475 e. The fourth-order valence-electron chi connectivity index (χ4n) is 11.4. The average molecular weight is 1440 g/mol. The van der Waals surface area contributed by atoms with Crippen LogP contribution in [0.5, 0.6) is 0 Å². The van der Waals surface area contributed by atoms with Crippen LogP contribution in [0.4, 0.5) is 0 Å². The molecule has 4 aliphatic heterocycles. The van der Waals surface area contributed by atoms with E-state index in [0.717, 1.165) is 36.0 Å². The van der Waals surface area contributed by atoms with Crippen molar-refractivity contribution >= 4 is 27.5 Å². The molecule has 14 atom stereocenters. The predicted molar refractivity (Wildman–Crippen MR) is 350 cm³/mol. The molecule has 4 fully saturated rings. The van der Waals surface area contributed by atoms with Gasteiger partial charge in [0.05, 0.1) is 50.6 Å². The van der Waals surface area contributed by atoms with Gasteiger partial charge in [-0.1, -0.05) is 66.6 Å². The molecule has 100 heavy (non-hydrogen) atoms. The summed E-state index contributed by atoms with van der Waals surface area (Å²) in [7, 11) is -9.36. The van der Waals surface area contributed by atoms with Crippen LogP contribution in [0.2, 0.25) is 0 Å². The van der Waals surface area contributed by atoms with Crippen LogP contribution < -0.4 is 50.3 Å². The van der Waals surface area contributed by atoms with Crippen LogP contribution in [-0.2, 0) is 65.0 Å². The highest BCUT2D eigenvalue weighted by molar-refractivity contribution is 7.48. The third-order valence-corrected chi connectivity index (χ3v) is 19.4. The van der Waals surface area contributed by atoms with E-state index in [-0.39, 0.29) is 73.9 Å². The number of aromatic amines is 4. The zero-order valence-electron chi connectivity index (χ0n) is 55.4. The number of ether oxygens (including phenoxy) is 5. The Morgan fingerprint density at radius 3 is 1.44 bits per heavy atom. The molecule has 8 heterocycles. The van der Waals surface area contributed by atoms with Crippen molar-refractivity contribution in [1.29, 1.82) is 0 Å². The number of phosphoric acid groups is 2. The van der Waals surface area contributed by atoms with Crippen molar-refractivity contribution in [3.05, 3.63) is 213 Å². The van der Waals surface area contributed by atoms with Gasteiger partial charge in [0, 0.05) is 79.1 Å². The Kier molecular flexibility index (Phi) is 24.9. The van der Waals surface area contributed by atoms with Gasteiger partial charge in [-0.25, -0.2) is 34.9 Å². The SMILES string of the molecule is Cc1cn(C2CC(O)C(COP(=O)(O)OC3CC(n4cc(C)c(=O)[nH]c4=O)OC3CO)O2)c(=O)[nH]c1=O.[C-]#[N+]CCOP(=O)(OCC1OC(n2cc(C)c(=O)[nH]c2=O)CC1OC(=O)CCC(=O)NC(c1ccc(C)cc1)c1ccc(C)cc1)OC1CC(n2cc(C)c(=O)[nH]c2=O)OC1CC. The molecular weight excluding hydrogens is 1360 g/mol. The number of phosphoric ester groups is 2. The lowest BCUT2D eigenvalue weighted by atomic mass is 9.97. The lowest BCUT2D eigenvalue weighted by molar-refractivity contribution is -0.154. The Morgan fingerprint density at radius 2 is 0.990 bits per heavy atom. The summed E-state index contributed by atoms with van der Waals surface area (Å²) in [6, 6.07) is 15.0. The Labute approximate surface area is 567 Å². The van der Waals surface area contributed by atoms with Crippen molar-refractivity contribution in [3.63, 3.8) is 0 Å². The fraction of sp³-hybridized carbons (Fsp3) is 0.508. The normalized spacial score (nSPS) is 24.6. The largest absolute Gasteiger partial charge is 0.475 e. The fourth-order valence-corrected chi connectivity index (χ4v) is 13.8. The number of rotatable bonds is 26. The van der Waals surface area contributed by atoms with E-state index >= 15 is 0 Å². The second-order valence-electron chi connectivity index (χ2n) is 24.4. The summed E-state index contributed by atoms with van der Waals surface area (Å²) >= 11 is 0. The third kappa shape index (κ3) is 18.9. The number of benzene rings is 2. The van der Waals surface area contributed by atoms with Crippen molar-refractivity contribution in [2.45, 2.75) is 173 Å². The molecule has 0 bridgehead atoms. The van der Waals surface area contributed by atoms with Crippen LogP contribution in [0.3, 0.4) is 0 Å². The number of hydrogen-bond acceptors (Lipinski definition) is 24. The number of amides is 1. The highest BCUT2D eigenvalue weighted by Gasteiger charge is 2.47. The zero-order valence-corrected chi connectivity index (χ0v) is 57.2. The minimum absolute atomic E-state index is 0.00447. The van der Waals surface area contributed by atoms with E-state index in [1.807, 2.05) is 62.4 Å². The van der Waals surface area contributed by atoms with Gasteiger partial charge in [0.25, 0.3) is 22.2 Å². The number of H-pyrrole nitrogens is 4. The number of nitrogens with one attached hydrogen (secondary N) is 5. The van der Waals surface area contributed by atoms with Crippen LogP contribution >= 0.6 is 15.6 Å². The first-order valence-electron chi connectivity index (χ1n) is 31.8. The summed E-state index contributed by atoms with van der Waals surface area (Å²) in [5.74, 6) is -1.18. The molecule has 0 radical (unpaired) electrons. The van der Waals surface area contributed by atoms with Gasteiger partial charge in [-0.3, -0.25) is 89.6 Å². The Hall–Kier alpha value is -8.43. The highest BCUT2D eigenvalue weighted by Crippen LogP contribution is 2.54. The molecule has 540 valence electrons. The van der Waals surface area contributed by atoms with Crippen molar-refractivity contribution in [2.24, 2.45) is 0 Å². The lowest BCUT2D eigenvalue weighted by Gasteiger charge is -2.25. The highest BCUT2D eigenvalue weighted by atomic mass is 31.2. The molecule has 1 amide bonds. The summed E-state index contributed by atoms with van der Waals surface area (Å²) in [5, 5.41) is 23.0. The number of carbonyl (C=O) groups is 2. The van der Waals surface area contributed by atoms with Gasteiger partial charge in [0.1, 0.15) is 62.0 Å². The molecule has 8 N–H and O–H groups in total. The molecule has 2 aromatic carbocycles. The molecule has 14 unspecified atom stereocenters. The summed E-state index contributed by atoms with van der Waals surface area (Å²) in [5.41, 5.74) is -0.492. The van der Waals surface area contributed by atoms with Crippen LogP contribution in [0.15, 0.2) is 112 Å². The molecule has 0 spiro atoms. The Balaban J connectivity index is 0.000000267. The molecule has 6 aromatic rings. The van der Waals surface area contributed by atoms with Gasteiger partial charge >= 0.3 is 44.4 Å². The van der Waals surface area contributed by atoms with E-state index in [4.69, 9.17) is 52.9 Å². The molecule has 0 aliphatic carbocycles. The van der Waals surface area contributed by atoms with Crippen LogP contribution in [0.1, 0.15) is 127 Å². The number of aliphatic hydroxyl groups excluding tert-OH is 2. The number of aromatic nitrogens is 8. The van der Waals surface area contributed by atoms with E-state index in [2.05, 4.69) is 30.1 Å². The first-order valence-corrected chi connectivity index (χ1v) is 34.8. The molecule has 37 heteroatoms. The van der Waals surface area contributed by atoms with Crippen LogP contribution in [0.25, 0.3) is 4.85 Å². The average Bonchev–Trinajstić information content (AvgIpc) is 1.64. The van der Waals surface area contributed by atoms with E-state index in [1.165, 1.54) is 57.0 Å². The first kappa shape index (κ1) is 75.8. The minimum Gasteiger partial charge on any atom is -0.459 e. The monoisotopic (exact) mass is 1440 g/mol. The predicted octanol–water partition coefficient (Wildman–Crippen LogP) is 2.48. The molecule has 35 nitrogen and oxygen atoms in total. The number of esters is 1. The van der Waals surface area contributed by atoms with Crippen molar-refractivity contribution in [2.75, 3.05) is 33.0 Å². The Bertz CT molecular complexity index is 4530. The topological polar surface area (TPSA) is 457 Å². The maximum absolute atomic E-state index is 14.3. The van der Waals surface area contributed by atoms with Crippen molar-refractivity contribution < 1.29 is 80.1 Å². The maximum atomic E-state index is 14.3. The lowest BCUT2D eigenvalue weighted by Crippen LogP contribution is -2.33. The molecule has 4 aliphatic rings. The van der Waals surface area contributed by atoms with Crippen LogP contribution in [-0.4, -0.2) is 147 Å². The van der Waals surface area contributed by atoms with E-state index < -0.39 is 172 Å². The minimum atomic E-state index is -4.78. The second-order valence-corrected chi connectivity index (χ2v) is 27.4. The van der Waals surface area contributed by atoms with Gasteiger partial charge < -0.3 is 49.0 Å². The molecule has 4 saturated heterocycles. The third-order valence-electron chi connectivity index (χ3n) is 16.9. The van der Waals surface area contributed by atoms with Crippen molar-refractivity contribution in [1.82, 2.24) is 43.5 Å². The van der Waals surface area contributed by atoms with Gasteiger partial charge in [0.15, 0.2) is 0 Å². The first-order chi connectivity index (χ1) is 47.4. The van der Waals surface area contributed by atoms with Crippen LogP contribution in [0, 0.1) is 48.1 Å². The molecule has 4 aromatic heterocycles. The smallest absolute Gasteiger partial charge is 0.459 e. The molecule has 0 saturated carbocycles. The summed E-state index contributed by atoms with van der Waals surface area (Å²) < 4.78 is 88.3. The summed E-state index contributed by atoms with van der Waals surface area (Å²) in [6.07, 6.45) is -7.65. The van der Waals surface area contributed by atoms with Crippen molar-refractivity contribution in [3.8, 4) is 0 Å². The standard InChI is InChI=1S/C43H51N6O13P.C20H27N4O12P/c1-7-31-33(21-37(59-31)49-23-28(5)41(53)47-43(49)55)62-63(56,57-19-18-44-6)58-24-34-32(20-36(60-34)48-22-27(4)40(52)46-42(48)54)61-38(51)17-16-35(50)45-39(29-12-8-25(2)9-13-29)30-14-10-26(3)11-15-30;1-9-5-23(19(29)21-17(9)27)15-3-11(26)14(35-15)8-33-37(31,32)36-12-4-16(34-13(12)7-25)24-6-10(2)18(28)22-20(24)30/h8-15,22-23,31-34,36-37,39H,7,16-21,24H2,1-5H3,(H,45,50)(H,46,52,54)(H,47,53,55);5-6,11-16,25-26H,3-4,7-8H2,1-2H3,(H,31,32)(H,21,27,29)(H,22,28,30). The summed E-state index contributed by atoms with van der Waals surface area (Å²) in [6.45, 7) is 16.6. The number of hydrogen-bond donors (Lipinski definition) is 8. The molecular formula is C63H78N10O25P2. The number of aryl methyl sites for hydroxylation is 6. The Morgan fingerprint density at radius 1 is 0.580 bits per heavy atom. The number of carbonyl (C=O) groups excluding carboxylic acids is 2. The van der Waals surface area contributed by atoms with Gasteiger partial charge in [-0.2, -0.15) is 0 Å². The van der Waals surface area contributed by atoms with Gasteiger partial charge in [0.2, 0.25) is 12.5 Å². The van der Waals surface area contributed by atoms with E-state index in [1.54, 1.807) is 6.92 Å². The summed E-state index contributed by atoms with van der Waals surface area (Å²) in [4.78, 5) is 146.